The van der Waals surface area contributed by atoms with Crippen molar-refractivity contribution in [2.24, 2.45) is 0 Å². The third-order valence-electron chi connectivity index (χ3n) is 4.37. The Morgan fingerprint density at radius 3 is 2.41 bits per heavy atom. The number of carbonyl (C=O) groups excluding carboxylic acids is 1. The van der Waals surface area contributed by atoms with Gasteiger partial charge in [-0.15, -0.1) is 0 Å². The van der Waals surface area contributed by atoms with Gasteiger partial charge in [0.1, 0.15) is 11.5 Å². The Morgan fingerprint density at radius 1 is 1.04 bits per heavy atom. The van der Waals surface area contributed by atoms with E-state index in [-0.39, 0.29) is 11.5 Å². The number of aromatic nitrogens is 1. The van der Waals surface area contributed by atoms with E-state index in [1.807, 2.05) is 31.2 Å². The van der Waals surface area contributed by atoms with Crippen molar-refractivity contribution in [2.45, 2.75) is 13.3 Å². The summed E-state index contributed by atoms with van der Waals surface area (Å²) in [6, 6.07) is 12.8. The molecule has 1 heterocycles. The molecule has 1 amide bonds. The van der Waals surface area contributed by atoms with Crippen LogP contribution in [0.3, 0.4) is 0 Å². The maximum absolute atomic E-state index is 12.4. The van der Waals surface area contributed by atoms with Crippen LogP contribution in [0.1, 0.15) is 21.5 Å². The lowest BCUT2D eigenvalue weighted by Gasteiger charge is -2.09. The number of aryl methyl sites for hydroxylation is 1. The van der Waals surface area contributed by atoms with Crippen LogP contribution in [0.2, 0.25) is 0 Å². The summed E-state index contributed by atoms with van der Waals surface area (Å²) in [6.07, 6.45) is 0.437. The predicted molar refractivity (Wildman–Crippen MR) is 105 cm³/mol. The summed E-state index contributed by atoms with van der Waals surface area (Å²) in [4.78, 5) is 27.6. The number of H-pyrrole nitrogens is 1. The minimum Gasteiger partial charge on any atom is -0.497 e. The van der Waals surface area contributed by atoms with Gasteiger partial charge in [-0.2, -0.15) is 0 Å². The average molecular weight is 366 g/mol. The smallest absolute Gasteiger partial charge is 0.251 e. The second kappa shape index (κ2) is 7.95. The van der Waals surface area contributed by atoms with E-state index in [4.69, 9.17) is 9.47 Å². The van der Waals surface area contributed by atoms with Gasteiger partial charge >= 0.3 is 0 Å². The zero-order valence-corrected chi connectivity index (χ0v) is 15.6. The quantitative estimate of drug-likeness (QED) is 0.703. The number of ether oxygens (including phenoxy) is 2. The fourth-order valence-electron chi connectivity index (χ4n) is 2.90. The number of rotatable bonds is 6. The van der Waals surface area contributed by atoms with Crippen molar-refractivity contribution in [2.75, 3.05) is 20.8 Å². The average Bonchev–Trinajstić information content (AvgIpc) is 2.67. The van der Waals surface area contributed by atoms with Crippen LogP contribution in [0.4, 0.5) is 0 Å². The van der Waals surface area contributed by atoms with E-state index in [2.05, 4.69) is 10.3 Å². The van der Waals surface area contributed by atoms with Gasteiger partial charge in [0.25, 0.3) is 11.5 Å². The lowest BCUT2D eigenvalue weighted by molar-refractivity contribution is 0.0953. The molecule has 3 aromatic rings. The number of amides is 1. The van der Waals surface area contributed by atoms with Crippen LogP contribution in [0.5, 0.6) is 11.5 Å². The molecular formula is C21H22N2O4. The monoisotopic (exact) mass is 366 g/mol. The normalized spacial score (nSPS) is 10.6. The van der Waals surface area contributed by atoms with Crippen molar-refractivity contribution in [1.82, 2.24) is 10.3 Å². The molecule has 2 N–H and O–H groups in total. The zero-order valence-electron chi connectivity index (χ0n) is 15.6. The Morgan fingerprint density at radius 2 is 1.74 bits per heavy atom. The molecule has 6 heteroatoms. The number of pyridine rings is 1. The number of nitrogens with one attached hydrogen (secondary N) is 2. The summed E-state index contributed by atoms with van der Waals surface area (Å²) >= 11 is 0. The van der Waals surface area contributed by atoms with Crippen molar-refractivity contribution >= 4 is 16.8 Å². The molecular weight excluding hydrogens is 344 g/mol. The van der Waals surface area contributed by atoms with Crippen LogP contribution >= 0.6 is 0 Å². The van der Waals surface area contributed by atoms with E-state index in [1.165, 1.54) is 14.2 Å². The molecule has 0 bridgehead atoms. The SMILES string of the molecule is COc1cc(OC)cc(C(=O)NCCc2cc3ccc(C)cc3[nH]c2=O)c1. The van der Waals surface area contributed by atoms with E-state index in [9.17, 15) is 9.59 Å². The fourth-order valence-corrected chi connectivity index (χ4v) is 2.90. The van der Waals surface area contributed by atoms with E-state index < -0.39 is 0 Å². The summed E-state index contributed by atoms with van der Waals surface area (Å²) in [6.45, 7) is 2.33. The summed E-state index contributed by atoms with van der Waals surface area (Å²) in [5.74, 6) is 0.835. The Bertz CT molecular complexity index is 1020. The number of hydrogen-bond acceptors (Lipinski definition) is 4. The highest BCUT2D eigenvalue weighted by Gasteiger charge is 2.10. The molecule has 2 aromatic carbocycles. The van der Waals surface area contributed by atoms with Gasteiger partial charge in [0.2, 0.25) is 0 Å². The number of aromatic amines is 1. The van der Waals surface area contributed by atoms with Crippen molar-refractivity contribution < 1.29 is 14.3 Å². The Labute approximate surface area is 157 Å². The van der Waals surface area contributed by atoms with Crippen LogP contribution < -0.4 is 20.3 Å². The molecule has 0 spiro atoms. The molecule has 0 atom stereocenters. The molecule has 27 heavy (non-hydrogen) atoms. The highest BCUT2D eigenvalue weighted by atomic mass is 16.5. The Hall–Kier alpha value is -3.28. The summed E-state index contributed by atoms with van der Waals surface area (Å²) in [5.41, 5.74) is 2.84. The van der Waals surface area contributed by atoms with Gasteiger partial charge < -0.3 is 19.8 Å². The molecule has 0 aliphatic heterocycles. The maximum Gasteiger partial charge on any atom is 0.251 e. The first kappa shape index (κ1) is 18.5. The molecule has 0 radical (unpaired) electrons. The van der Waals surface area contributed by atoms with Gasteiger partial charge in [-0.05, 0) is 48.6 Å². The number of hydrogen-bond donors (Lipinski definition) is 2. The van der Waals surface area contributed by atoms with Gasteiger partial charge in [0, 0.05) is 29.3 Å². The van der Waals surface area contributed by atoms with Gasteiger partial charge in [0.15, 0.2) is 0 Å². The third kappa shape index (κ3) is 4.28. The maximum atomic E-state index is 12.4. The van der Waals surface area contributed by atoms with E-state index in [1.54, 1.807) is 18.2 Å². The van der Waals surface area contributed by atoms with Crippen LogP contribution in [0.15, 0.2) is 47.3 Å². The number of benzene rings is 2. The topological polar surface area (TPSA) is 80.4 Å². The first-order chi connectivity index (χ1) is 13.0. The van der Waals surface area contributed by atoms with Crippen LogP contribution in [0.25, 0.3) is 10.9 Å². The van der Waals surface area contributed by atoms with Crippen molar-refractivity contribution in [3.05, 3.63) is 69.5 Å². The van der Waals surface area contributed by atoms with Crippen molar-refractivity contribution in [3.8, 4) is 11.5 Å². The molecule has 6 nitrogen and oxygen atoms in total. The first-order valence-corrected chi connectivity index (χ1v) is 8.64. The molecule has 0 unspecified atom stereocenters. The second-order valence-electron chi connectivity index (χ2n) is 6.32. The minimum absolute atomic E-state index is 0.134. The molecule has 0 fully saturated rings. The second-order valence-corrected chi connectivity index (χ2v) is 6.32. The number of carbonyl (C=O) groups is 1. The standard InChI is InChI=1S/C21H22N2O4/c1-13-4-5-14-9-15(21(25)23-19(14)8-13)6-7-22-20(24)16-10-17(26-2)12-18(11-16)27-3/h4-5,8-12H,6-7H2,1-3H3,(H,22,24)(H,23,25). The molecule has 140 valence electrons. The molecule has 0 aliphatic carbocycles. The Balaban J connectivity index is 1.70. The van der Waals surface area contributed by atoms with Crippen LogP contribution in [0, 0.1) is 6.92 Å². The Kier molecular flexibility index (Phi) is 5.45. The zero-order chi connectivity index (χ0) is 19.4. The summed E-state index contributed by atoms with van der Waals surface area (Å²) in [5, 5.41) is 3.80. The third-order valence-corrected chi connectivity index (χ3v) is 4.37. The van der Waals surface area contributed by atoms with Gasteiger partial charge in [0.05, 0.1) is 14.2 Å². The summed E-state index contributed by atoms with van der Waals surface area (Å²) < 4.78 is 10.4. The van der Waals surface area contributed by atoms with Gasteiger partial charge in [-0.1, -0.05) is 12.1 Å². The van der Waals surface area contributed by atoms with Crippen LogP contribution in [-0.4, -0.2) is 31.7 Å². The largest absolute Gasteiger partial charge is 0.497 e. The van der Waals surface area contributed by atoms with Gasteiger partial charge in [-0.3, -0.25) is 9.59 Å². The lowest BCUT2D eigenvalue weighted by atomic mass is 10.1. The highest BCUT2D eigenvalue weighted by molar-refractivity contribution is 5.95. The van der Waals surface area contributed by atoms with E-state index in [0.717, 1.165) is 16.5 Å². The lowest BCUT2D eigenvalue weighted by Crippen LogP contribution is -2.27. The van der Waals surface area contributed by atoms with E-state index >= 15 is 0 Å². The van der Waals surface area contributed by atoms with Crippen molar-refractivity contribution in [1.29, 1.82) is 0 Å². The predicted octanol–water partition coefficient (Wildman–Crippen LogP) is 2.83. The fraction of sp³-hybridized carbons (Fsp3) is 0.238. The highest BCUT2D eigenvalue weighted by Crippen LogP contribution is 2.22. The summed E-state index contributed by atoms with van der Waals surface area (Å²) in [7, 11) is 3.06. The van der Waals surface area contributed by atoms with Crippen molar-refractivity contribution in [3.63, 3.8) is 0 Å². The number of methoxy groups -OCH3 is 2. The molecule has 1 aromatic heterocycles. The van der Waals surface area contributed by atoms with Gasteiger partial charge in [-0.25, -0.2) is 0 Å². The van der Waals surface area contributed by atoms with E-state index in [0.29, 0.717) is 35.6 Å². The number of fused-ring (bicyclic) bond motifs is 1. The molecule has 0 saturated heterocycles. The molecule has 0 saturated carbocycles. The van der Waals surface area contributed by atoms with Crippen LogP contribution in [-0.2, 0) is 6.42 Å². The minimum atomic E-state index is -0.250. The first-order valence-electron chi connectivity index (χ1n) is 8.64. The molecule has 0 aliphatic rings. The molecule has 3 rings (SSSR count).